The molecule has 0 radical (unpaired) electrons. The van der Waals surface area contributed by atoms with Crippen molar-refractivity contribution in [2.45, 2.75) is 32.2 Å². The maximum absolute atomic E-state index is 11.0. The van der Waals surface area contributed by atoms with Crippen molar-refractivity contribution in [2.75, 3.05) is 13.1 Å². The minimum atomic E-state index is -0.0944. The van der Waals surface area contributed by atoms with Crippen molar-refractivity contribution in [3.63, 3.8) is 0 Å². The van der Waals surface area contributed by atoms with Crippen LogP contribution in [0.1, 0.15) is 26.7 Å². The molecule has 1 rings (SSSR count). The van der Waals surface area contributed by atoms with Crippen molar-refractivity contribution in [3.05, 3.63) is 0 Å². The van der Waals surface area contributed by atoms with Crippen LogP contribution in [0.15, 0.2) is 0 Å². The summed E-state index contributed by atoms with van der Waals surface area (Å²) in [6.45, 7) is 5.89. The van der Waals surface area contributed by atoms with E-state index in [0.29, 0.717) is 5.92 Å². The molecule has 0 unspecified atom stereocenters. The molecule has 0 spiro atoms. The predicted molar refractivity (Wildman–Crippen MR) is 56.5 cm³/mol. The van der Waals surface area contributed by atoms with Crippen LogP contribution < -0.4 is 5.73 Å². The molecule has 2 N–H and O–H groups in total. The Labute approximate surface area is 81.1 Å². The third-order valence-corrected chi connectivity index (χ3v) is 2.99. The van der Waals surface area contributed by atoms with Gasteiger partial charge < -0.3 is 10.6 Å². The molecule has 1 aliphatic heterocycles. The number of likely N-dealkylation sites (tertiary alicyclic amines) is 1. The van der Waals surface area contributed by atoms with E-state index >= 15 is 0 Å². The number of carbonyl (C=O) groups is 1. The van der Waals surface area contributed by atoms with E-state index in [1.807, 2.05) is 4.90 Å². The molecular weight excluding hydrogens is 163 g/mol. The van der Waals surface area contributed by atoms with Crippen molar-refractivity contribution in [1.29, 1.82) is 0 Å². The smallest absolute Gasteiger partial charge is 0.215 e. The monoisotopic (exact) mass is 182 g/mol. The Bertz CT molecular complexity index is 192. The molecule has 4 heteroatoms. The molecule has 0 aromatic carbocycles. The standard InChI is InChI=1S/C9H19BN2O/c1-9(2,11)7-3-5-12(6-4-7)8(10)13/h7H,3-6,10-11H2,1-2H3. The van der Waals surface area contributed by atoms with Crippen LogP contribution in [0.25, 0.3) is 0 Å². The first kappa shape index (κ1) is 10.6. The van der Waals surface area contributed by atoms with E-state index in [1.165, 1.54) is 0 Å². The Balaban J connectivity index is 2.44. The molecule has 3 nitrogen and oxygen atoms in total. The Kier molecular flexibility index (Phi) is 3.01. The summed E-state index contributed by atoms with van der Waals surface area (Å²) in [7, 11) is 1.63. The molecule has 0 aliphatic carbocycles. The summed E-state index contributed by atoms with van der Waals surface area (Å²) in [6.07, 6.45) is 2.09. The summed E-state index contributed by atoms with van der Waals surface area (Å²) in [5, 5.41) is 0. The Morgan fingerprint density at radius 3 is 2.23 bits per heavy atom. The number of rotatable bonds is 1. The van der Waals surface area contributed by atoms with Crippen molar-refractivity contribution < 1.29 is 4.79 Å². The molecule has 0 bridgehead atoms. The molecule has 1 aliphatic rings. The van der Waals surface area contributed by atoms with Crippen molar-refractivity contribution in [2.24, 2.45) is 11.7 Å². The van der Waals surface area contributed by atoms with Crippen molar-refractivity contribution >= 4 is 13.7 Å². The van der Waals surface area contributed by atoms with Gasteiger partial charge in [-0.3, -0.25) is 4.79 Å². The Morgan fingerprint density at radius 1 is 1.46 bits per heavy atom. The number of nitrogens with zero attached hydrogens (tertiary/aromatic N) is 1. The van der Waals surface area contributed by atoms with Gasteiger partial charge in [0, 0.05) is 18.6 Å². The summed E-state index contributed by atoms with van der Waals surface area (Å²) in [5.41, 5.74) is 5.93. The molecule has 1 amide bonds. The number of hydrogen-bond acceptors (Lipinski definition) is 2. The van der Waals surface area contributed by atoms with Gasteiger partial charge in [0.05, 0.1) is 0 Å². The molecule has 0 atom stereocenters. The second kappa shape index (κ2) is 3.70. The Morgan fingerprint density at radius 2 is 1.92 bits per heavy atom. The fraction of sp³-hybridized carbons (Fsp3) is 0.889. The predicted octanol–water partition coefficient (Wildman–Crippen LogP) is 0.189. The van der Waals surface area contributed by atoms with E-state index < -0.39 is 0 Å². The number of nitrogens with two attached hydrogens (primary N) is 1. The van der Waals surface area contributed by atoms with Gasteiger partial charge in [-0.25, -0.2) is 0 Å². The molecule has 0 saturated carbocycles. The first-order valence-corrected chi connectivity index (χ1v) is 4.95. The van der Waals surface area contributed by atoms with Gasteiger partial charge in [0.15, 0.2) is 5.81 Å². The van der Waals surface area contributed by atoms with Gasteiger partial charge in [-0.05, 0) is 32.6 Å². The zero-order chi connectivity index (χ0) is 10.1. The topological polar surface area (TPSA) is 46.3 Å². The fourth-order valence-electron chi connectivity index (χ4n) is 1.94. The number of hydrogen-bond donors (Lipinski definition) is 1. The zero-order valence-electron chi connectivity index (χ0n) is 8.84. The van der Waals surface area contributed by atoms with E-state index in [9.17, 15) is 4.79 Å². The highest BCUT2D eigenvalue weighted by molar-refractivity contribution is 6.56. The molecule has 13 heavy (non-hydrogen) atoms. The number of piperidine rings is 1. The number of carbonyl (C=O) groups excluding carboxylic acids is 1. The van der Waals surface area contributed by atoms with Crippen LogP contribution in [0.4, 0.5) is 4.79 Å². The number of amides is 1. The molecular formula is C9H19BN2O. The largest absolute Gasteiger partial charge is 0.352 e. The van der Waals surface area contributed by atoms with Gasteiger partial charge in [-0.1, -0.05) is 0 Å². The molecule has 1 heterocycles. The Hall–Kier alpha value is -0.505. The van der Waals surface area contributed by atoms with E-state index in [-0.39, 0.29) is 11.3 Å². The molecule has 1 fully saturated rings. The SMILES string of the molecule is BC(=O)N1CCC(C(C)(C)N)CC1. The average Bonchev–Trinajstić information content (AvgIpc) is 2.03. The van der Waals surface area contributed by atoms with Gasteiger partial charge >= 0.3 is 0 Å². The lowest BCUT2D eigenvalue weighted by Crippen LogP contribution is -2.48. The van der Waals surface area contributed by atoms with Crippen LogP contribution in [0.5, 0.6) is 0 Å². The molecule has 1 saturated heterocycles. The van der Waals surface area contributed by atoms with Crippen LogP contribution >= 0.6 is 0 Å². The third kappa shape index (κ3) is 2.73. The zero-order valence-corrected chi connectivity index (χ0v) is 8.84. The minimum absolute atomic E-state index is 0.0944. The van der Waals surface area contributed by atoms with Crippen LogP contribution in [0.2, 0.25) is 0 Å². The van der Waals surface area contributed by atoms with Gasteiger partial charge in [0.25, 0.3) is 0 Å². The van der Waals surface area contributed by atoms with Gasteiger partial charge in [0.1, 0.15) is 0 Å². The highest BCUT2D eigenvalue weighted by Crippen LogP contribution is 2.25. The maximum Gasteiger partial charge on any atom is 0.215 e. The second-order valence-electron chi connectivity index (χ2n) is 4.60. The quantitative estimate of drug-likeness (QED) is 0.588. The average molecular weight is 182 g/mol. The first-order valence-electron chi connectivity index (χ1n) is 4.95. The van der Waals surface area contributed by atoms with Gasteiger partial charge in [-0.15, -0.1) is 0 Å². The van der Waals surface area contributed by atoms with Gasteiger partial charge in [0.2, 0.25) is 7.85 Å². The third-order valence-electron chi connectivity index (χ3n) is 2.99. The summed E-state index contributed by atoms with van der Waals surface area (Å²) >= 11 is 0. The van der Waals surface area contributed by atoms with Crippen molar-refractivity contribution in [1.82, 2.24) is 4.90 Å². The van der Waals surface area contributed by atoms with Crippen LogP contribution in [-0.2, 0) is 0 Å². The summed E-state index contributed by atoms with van der Waals surface area (Å²) < 4.78 is 0. The second-order valence-corrected chi connectivity index (χ2v) is 4.60. The molecule has 0 aromatic rings. The van der Waals surface area contributed by atoms with E-state index in [4.69, 9.17) is 5.73 Å². The lowest BCUT2D eigenvalue weighted by atomic mass is 9.81. The van der Waals surface area contributed by atoms with Crippen LogP contribution in [-0.4, -0.2) is 37.2 Å². The lowest BCUT2D eigenvalue weighted by molar-refractivity contribution is 0.162. The highest BCUT2D eigenvalue weighted by atomic mass is 16.1. The van der Waals surface area contributed by atoms with E-state index in [2.05, 4.69) is 13.8 Å². The van der Waals surface area contributed by atoms with Gasteiger partial charge in [-0.2, -0.15) is 0 Å². The van der Waals surface area contributed by atoms with Crippen LogP contribution in [0.3, 0.4) is 0 Å². The van der Waals surface area contributed by atoms with Crippen molar-refractivity contribution in [3.8, 4) is 0 Å². The minimum Gasteiger partial charge on any atom is -0.352 e. The molecule has 0 aromatic heterocycles. The fourth-order valence-corrected chi connectivity index (χ4v) is 1.94. The summed E-state index contributed by atoms with van der Waals surface area (Å²) in [5.74, 6) is 0.747. The lowest BCUT2D eigenvalue weighted by Gasteiger charge is -2.38. The summed E-state index contributed by atoms with van der Waals surface area (Å²) in [6, 6.07) is 0. The highest BCUT2D eigenvalue weighted by Gasteiger charge is 2.29. The maximum atomic E-state index is 11.0. The van der Waals surface area contributed by atoms with Crippen LogP contribution in [0, 0.1) is 5.92 Å². The van der Waals surface area contributed by atoms with E-state index in [1.54, 1.807) is 7.85 Å². The van der Waals surface area contributed by atoms with E-state index in [0.717, 1.165) is 25.9 Å². The summed E-state index contributed by atoms with van der Waals surface area (Å²) in [4.78, 5) is 13.0. The first-order chi connectivity index (χ1) is 5.91. The normalized spacial score (nSPS) is 20.4. The molecule has 74 valence electrons.